The molecule has 1 N–H and O–H groups in total. The summed E-state index contributed by atoms with van der Waals surface area (Å²) in [6.45, 7) is -6.50. The van der Waals surface area contributed by atoms with Crippen molar-refractivity contribution in [2.24, 2.45) is 0 Å². The Labute approximate surface area is 104 Å². The predicted octanol–water partition coefficient (Wildman–Crippen LogP) is 1.88. The summed E-state index contributed by atoms with van der Waals surface area (Å²) in [6.07, 6.45) is -2.58. The minimum Gasteiger partial charge on any atom is -0.306 e. The summed E-state index contributed by atoms with van der Waals surface area (Å²) in [5, 5.41) is -0.152. The SMILES string of the molecule is [2H]N1C([2H])([2H])C([2H])([2H])COP1(=O)N(CCCl)C([2H])([2H])CCl. The van der Waals surface area contributed by atoms with Crippen molar-refractivity contribution in [3.05, 3.63) is 0 Å². The lowest BCUT2D eigenvalue weighted by molar-refractivity contribution is 0.233. The van der Waals surface area contributed by atoms with Gasteiger partial charge in [-0.2, -0.15) is 0 Å². The summed E-state index contributed by atoms with van der Waals surface area (Å²) in [6, 6.07) is 0. The van der Waals surface area contributed by atoms with Gasteiger partial charge >= 0.3 is 7.67 Å². The van der Waals surface area contributed by atoms with Crippen LogP contribution < -0.4 is 5.08 Å². The number of rotatable bonds is 5. The fraction of sp³-hybridized carbons (Fsp3) is 1.00. The second-order valence-electron chi connectivity index (χ2n) is 2.26. The molecular formula is C7H15Cl2N2O2P. The van der Waals surface area contributed by atoms with Gasteiger partial charge in [-0.3, -0.25) is 4.57 Å². The molecule has 1 atom stereocenters. The lowest BCUT2D eigenvalue weighted by Crippen LogP contribution is -2.35. The number of hydrogen-bond donors (Lipinski definition) is 1. The molecule has 0 aromatic carbocycles. The highest BCUT2D eigenvalue weighted by atomic mass is 35.5. The second kappa shape index (κ2) is 6.31. The van der Waals surface area contributed by atoms with Crippen LogP contribution in [0.3, 0.4) is 0 Å². The molecule has 1 aliphatic rings. The first-order valence-corrected chi connectivity index (χ1v) is 6.41. The van der Waals surface area contributed by atoms with Crippen LogP contribution in [0, 0.1) is 0 Å². The molecule has 1 heterocycles. The van der Waals surface area contributed by atoms with Crippen molar-refractivity contribution in [1.82, 2.24) is 9.75 Å². The first-order chi connectivity index (χ1) is 9.37. The van der Waals surface area contributed by atoms with Crippen LogP contribution in [0.4, 0.5) is 0 Å². The minimum atomic E-state index is -4.50. The maximum atomic E-state index is 12.8. The van der Waals surface area contributed by atoms with E-state index in [0.717, 1.165) is 0 Å². The van der Waals surface area contributed by atoms with E-state index in [9.17, 15) is 4.57 Å². The molecule has 1 unspecified atom stereocenters. The molecule has 0 amide bonds. The molecule has 0 aromatic rings. The zero-order valence-electron chi connectivity index (χ0n) is 14.2. The van der Waals surface area contributed by atoms with Crippen LogP contribution in [-0.4, -0.2) is 42.6 Å². The van der Waals surface area contributed by atoms with Gasteiger partial charge in [0.15, 0.2) is 0 Å². The highest BCUT2D eigenvalue weighted by Crippen LogP contribution is 2.47. The number of halogens is 2. The van der Waals surface area contributed by atoms with Crippen molar-refractivity contribution in [3.63, 3.8) is 0 Å². The van der Waals surface area contributed by atoms with E-state index in [0.29, 0.717) is 4.67 Å². The van der Waals surface area contributed by atoms with E-state index in [1.807, 2.05) is 0 Å². The average Bonchev–Trinajstić information content (AvgIpc) is 2.39. The lowest BCUT2D eigenvalue weighted by atomic mass is 10.5. The summed E-state index contributed by atoms with van der Waals surface area (Å²) >= 11 is 11.0. The van der Waals surface area contributed by atoms with Gasteiger partial charge in [0, 0.05) is 39.5 Å². The third kappa shape index (κ3) is 3.37. The van der Waals surface area contributed by atoms with Crippen LogP contribution in [0.2, 0.25) is 1.41 Å². The summed E-state index contributed by atoms with van der Waals surface area (Å²) < 4.78 is 71.7. The van der Waals surface area contributed by atoms with Crippen molar-refractivity contribution >= 4 is 30.9 Å². The van der Waals surface area contributed by atoms with Gasteiger partial charge in [0.05, 0.1) is 6.61 Å². The summed E-state index contributed by atoms with van der Waals surface area (Å²) in [5.74, 6) is -0.769. The van der Waals surface area contributed by atoms with Crippen LogP contribution in [0.25, 0.3) is 0 Å². The molecule has 0 aromatic heterocycles. The molecule has 14 heavy (non-hydrogen) atoms. The first-order valence-electron chi connectivity index (χ1n) is 7.26. The van der Waals surface area contributed by atoms with Crippen LogP contribution in [0.15, 0.2) is 0 Å². The summed E-state index contributed by atoms with van der Waals surface area (Å²) in [4.78, 5) is 0. The minimum absolute atomic E-state index is 0.152. The first kappa shape index (κ1) is 5.85. The standard InChI is InChI=1S/C7H15Cl2N2O2P/c8-2-5-11(6-3-9)14(12)10-4-1-7-13-14/h1-7H2,(H,10,12)/i1D2,4D2,5D2/hD. The van der Waals surface area contributed by atoms with Gasteiger partial charge < -0.3 is 4.52 Å². The third-order valence-corrected chi connectivity index (χ3v) is 3.46. The zero-order valence-corrected chi connectivity index (χ0v) is 9.65. The molecule has 1 aliphatic heterocycles. The summed E-state index contributed by atoms with van der Waals surface area (Å²) in [7, 11) is -4.50. The maximum absolute atomic E-state index is 12.8. The van der Waals surface area contributed by atoms with Crippen molar-refractivity contribution < 1.29 is 18.7 Å². The third-order valence-electron chi connectivity index (χ3n) is 1.40. The fourth-order valence-corrected chi connectivity index (χ4v) is 2.70. The van der Waals surface area contributed by atoms with Crippen LogP contribution >= 0.6 is 30.9 Å². The van der Waals surface area contributed by atoms with E-state index < -0.39 is 39.5 Å². The number of alkyl halides is 2. The maximum Gasteiger partial charge on any atom is 0.343 e. The van der Waals surface area contributed by atoms with Crippen LogP contribution in [-0.2, 0) is 9.09 Å². The van der Waals surface area contributed by atoms with Gasteiger partial charge in [0.25, 0.3) is 0 Å². The molecule has 0 radical (unpaired) electrons. The molecule has 4 nitrogen and oxygen atoms in total. The highest BCUT2D eigenvalue weighted by molar-refractivity contribution is 7.54. The Morgan fingerprint density at radius 1 is 1.71 bits per heavy atom. The van der Waals surface area contributed by atoms with Gasteiger partial charge in [0.1, 0.15) is 1.41 Å². The molecule has 7 heteroatoms. The Morgan fingerprint density at radius 2 is 2.50 bits per heavy atom. The van der Waals surface area contributed by atoms with Gasteiger partial charge in [-0.05, 0) is 6.37 Å². The molecule has 0 aliphatic carbocycles. The molecular weight excluding hydrogens is 246 g/mol. The van der Waals surface area contributed by atoms with Gasteiger partial charge in [-0.15, -0.1) is 23.2 Å². The summed E-state index contributed by atoms with van der Waals surface area (Å²) in [5.41, 5.74) is 0. The molecule has 84 valence electrons. The second-order valence-corrected chi connectivity index (χ2v) is 4.82. The Kier molecular flexibility index (Phi) is 2.64. The number of nitrogens with one attached hydrogen (secondary N) is 1. The Hall–Kier alpha value is 0.690. The van der Waals surface area contributed by atoms with Crippen molar-refractivity contribution in [2.45, 2.75) is 6.37 Å². The topological polar surface area (TPSA) is 41.6 Å². The number of nitrogens with zero attached hydrogens (tertiary/aromatic N) is 1. The van der Waals surface area contributed by atoms with Gasteiger partial charge in [-0.25, -0.2) is 9.75 Å². The Morgan fingerprint density at radius 3 is 3.14 bits per heavy atom. The van der Waals surface area contributed by atoms with E-state index in [1.165, 1.54) is 0 Å². The average molecular weight is 268 g/mol. The Bertz CT molecular complexity index is 441. The monoisotopic (exact) mass is 267 g/mol. The van der Waals surface area contributed by atoms with Crippen molar-refractivity contribution in [2.75, 3.05) is 37.9 Å². The smallest absolute Gasteiger partial charge is 0.306 e. The molecule has 0 spiro atoms. The zero-order chi connectivity index (χ0) is 16.7. The molecule has 1 saturated heterocycles. The van der Waals surface area contributed by atoms with E-state index >= 15 is 0 Å². The van der Waals surface area contributed by atoms with Gasteiger partial charge in [0.2, 0.25) is 0 Å². The molecule has 1 rings (SSSR count). The largest absolute Gasteiger partial charge is 0.343 e. The molecule has 0 bridgehead atoms. The normalized spacial score (nSPS) is 45.2. The molecule has 0 saturated carbocycles. The predicted molar refractivity (Wildman–Crippen MR) is 59.2 cm³/mol. The Balaban J connectivity index is 3.28. The van der Waals surface area contributed by atoms with Gasteiger partial charge in [-0.1, -0.05) is 0 Å². The highest BCUT2D eigenvalue weighted by Gasteiger charge is 2.32. The van der Waals surface area contributed by atoms with E-state index in [1.54, 1.807) is 0 Å². The van der Waals surface area contributed by atoms with Crippen molar-refractivity contribution in [3.8, 4) is 0 Å². The van der Waals surface area contributed by atoms with Crippen molar-refractivity contribution in [1.29, 1.82) is 0 Å². The van der Waals surface area contributed by atoms with E-state index in [2.05, 4.69) is 0 Å². The van der Waals surface area contributed by atoms with E-state index in [4.69, 9.17) is 37.4 Å². The van der Waals surface area contributed by atoms with Crippen LogP contribution in [0.5, 0.6) is 0 Å². The van der Waals surface area contributed by atoms with Crippen LogP contribution in [0.1, 0.15) is 14.6 Å². The van der Waals surface area contributed by atoms with E-state index in [-0.39, 0.29) is 17.5 Å². The lowest BCUT2D eigenvalue weighted by Gasteiger charge is -2.33. The molecule has 1 fully saturated rings. The fourth-order valence-electron chi connectivity index (χ4n) is 0.844. The number of hydrogen-bond acceptors (Lipinski definition) is 2. The quantitative estimate of drug-likeness (QED) is 0.610.